The molecule has 146 valence electrons. The summed E-state index contributed by atoms with van der Waals surface area (Å²) in [6.07, 6.45) is 0. The van der Waals surface area contributed by atoms with Crippen LogP contribution in [0.5, 0.6) is 0 Å². The monoisotopic (exact) mass is 366 g/mol. The minimum absolute atomic E-state index is 0.210. The van der Waals surface area contributed by atoms with Gasteiger partial charge in [-0.05, 0) is 38.5 Å². The van der Waals surface area contributed by atoms with Crippen molar-refractivity contribution in [3.05, 3.63) is 29.6 Å². The highest BCUT2D eigenvalue weighted by Gasteiger charge is 2.17. The maximum atomic E-state index is 14.5. The fourth-order valence-corrected chi connectivity index (χ4v) is 2.59. The fraction of sp³-hybridized carbons (Fsp3) is 0.632. The zero-order valence-electron chi connectivity index (χ0n) is 16.3. The third-order valence-electron chi connectivity index (χ3n) is 4.36. The Morgan fingerprint density at radius 3 is 2.65 bits per heavy atom. The third kappa shape index (κ3) is 6.14. The second kappa shape index (κ2) is 9.73. The Hall–Kier alpha value is -1.86. The summed E-state index contributed by atoms with van der Waals surface area (Å²) in [6, 6.07) is 5.33. The molecule has 0 unspecified atom stereocenters. The van der Waals surface area contributed by atoms with E-state index in [0.717, 1.165) is 25.2 Å². The predicted octanol–water partition coefficient (Wildman–Crippen LogP) is 2.14. The van der Waals surface area contributed by atoms with Crippen LogP contribution >= 0.6 is 0 Å². The number of nitrogens with zero attached hydrogens (tertiary/aromatic N) is 2. The Morgan fingerprint density at radius 2 is 2.04 bits per heavy atom. The van der Waals surface area contributed by atoms with E-state index in [4.69, 9.17) is 9.47 Å². The lowest BCUT2D eigenvalue weighted by Crippen LogP contribution is -2.45. The highest BCUT2D eigenvalue weighted by atomic mass is 19.1. The van der Waals surface area contributed by atoms with Crippen LogP contribution in [0.3, 0.4) is 0 Å². The first-order chi connectivity index (χ1) is 12.4. The van der Waals surface area contributed by atoms with E-state index >= 15 is 0 Å². The summed E-state index contributed by atoms with van der Waals surface area (Å²) in [7, 11) is 1.69. The molecule has 1 saturated heterocycles. The fourth-order valence-electron chi connectivity index (χ4n) is 2.59. The van der Waals surface area contributed by atoms with E-state index in [9.17, 15) is 4.39 Å². The molecule has 26 heavy (non-hydrogen) atoms. The molecule has 2 N–H and O–H groups in total. The van der Waals surface area contributed by atoms with Gasteiger partial charge in [-0.15, -0.1) is 0 Å². The van der Waals surface area contributed by atoms with Crippen LogP contribution in [-0.2, 0) is 16.0 Å². The number of benzene rings is 1. The van der Waals surface area contributed by atoms with Crippen molar-refractivity contribution < 1.29 is 13.9 Å². The first-order valence-electron chi connectivity index (χ1n) is 9.13. The zero-order chi connectivity index (χ0) is 19.0. The first kappa shape index (κ1) is 20.5. The average molecular weight is 366 g/mol. The molecule has 0 aliphatic carbocycles. The molecule has 0 spiro atoms. The second-order valence-corrected chi connectivity index (χ2v) is 6.90. The van der Waals surface area contributed by atoms with Gasteiger partial charge in [-0.25, -0.2) is 9.38 Å². The predicted molar refractivity (Wildman–Crippen MR) is 103 cm³/mol. The smallest absolute Gasteiger partial charge is 0.191 e. The van der Waals surface area contributed by atoms with Crippen LogP contribution in [0.2, 0.25) is 0 Å². The molecule has 1 fully saturated rings. The molecular formula is C19H31FN4O2. The van der Waals surface area contributed by atoms with Crippen LogP contribution < -0.4 is 15.5 Å². The Balaban J connectivity index is 2.00. The number of halogens is 1. The van der Waals surface area contributed by atoms with E-state index in [2.05, 4.69) is 15.6 Å². The van der Waals surface area contributed by atoms with Crippen LogP contribution in [-0.4, -0.2) is 58.1 Å². The highest BCUT2D eigenvalue weighted by molar-refractivity contribution is 5.79. The van der Waals surface area contributed by atoms with Gasteiger partial charge in [-0.2, -0.15) is 0 Å². The van der Waals surface area contributed by atoms with Crippen LogP contribution in [0.4, 0.5) is 10.1 Å². The number of morpholine rings is 1. The van der Waals surface area contributed by atoms with E-state index in [1.165, 1.54) is 0 Å². The van der Waals surface area contributed by atoms with Crippen molar-refractivity contribution in [1.82, 2.24) is 10.6 Å². The van der Waals surface area contributed by atoms with Crippen LogP contribution in [0.15, 0.2) is 23.2 Å². The lowest BCUT2D eigenvalue weighted by atomic mass is 10.1. The van der Waals surface area contributed by atoms with Gasteiger partial charge in [0.2, 0.25) is 0 Å². The Bertz CT molecular complexity index is 601. The van der Waals surface area contributed by atoms with Crippen molar-refractivity contribution >= 4 is 11.6 Å². The van der Waals surface area contributed by atoms with Crippen molar-refractivity contribution in [3.8, 4) is 0 Å². The molecule has 0 saturated carbocycles. The molecule has 0 bridgehead atoms. The maximum absolute atomic E-state index is 14.5. The van der Waals surface area contributed by atoms with E-state index in [0.29, 0.717) is 38.0 Å². The van der Waals surface area contributed by atoms with Crippen LogP contribution in [0.25, 0.3) is 0 Å². The van der Waals surface area contributed by atoms with Crippen LogP contribution in [0.1, 0.15) is 26.3 Å². The van der Waals surface area contributed by atoms with Gasteiger partial charge in [0.25, 0.3) is 0 Å². The lowest BCUT2D eigenvalue weighted by molar-refractivity contribution is 0.0268. The van der Waals surface area contributed by atoms with E-state index in [1.807, 2.05) is 37.8 Å². The number of ether oxygens (including phenoxy) is 2. The summed E-state index contributed by atoms with van der Waals surface area (Å²) in [5, 5.41) is 6.45. The molecule has 1 aliphatic rings. The lowest BCUT2D eigenvalue weighted by Gasteiger charge is -2.29. The van der Waals surface area contributed by atoms with Gasteiger partial charge in [0.05, 0.1) is 31.0 Å². The summed E-state index contributed by atoms with van der Waals surface area (Å²) < 4.78 is 25.2. The van der Waals surface area contributed by atoms with Crippen molar-refractivity contribution in [2.75, 3.05) is 51.4 Å². The molecule has 1 aromatic carbocycles. The molecule has 2 rings (SSSR count). The molecule has 0 aromatic heterocycles. The van der Waals surface area contributed by atoms with Gasteiger partial charge in [-0.1, -0.05) is 6.07 Å². The molecule has 0 atom stereocenters. The highest BCUT2D eigenvalue weighted by Crippen LogP contribution is 2.22. The third-order valence-corrected chi connectivity index (χ3v) is 4.36. The topological polar surface area (TPSA) is 58.1 Å². The number of guanidine groups is 1. The average Bonchev–Trinajstić information content (AvgIpc) is 2.65. The van der Waals surface area contributed by atoms with Gasteiger partial charge < -0.3 is 25.0 Å². The minimum atomic E-state index is -0.290. The number of hydrogen-bond donors (Lipinski definition) is 2. The Kier molecular flexibility index (Phi) is 7.66. The summed E-state index contributed by atoms with van der Waals surface area (Å²) >= 11 is 0. The minimum Gasteiger partial charge on any atom is -0.378 e. The second-order valence-electron chi connectivity index (χ2n) is 6.90. The number of anilines is 1. The van der Waals surface area contributed by atoms with Gasteiger partial charge in [0.1, 0.15) is 5.82 Å². The molecular weight excluding hydrogens is 335 g/mol. The molecule has 1 aromatic rings. The summed E-state index contributed by atoms with van der Waals surface area (Å²) in [5.41, 5.74) is 1.18. The Labute approximate surface area is 155 Å². The summed E-state index contributed by atoms with van der Waals surface area (Å²) in [6.45, 7) is 10.5. The van der Waals surface area contributed by atoms with E-state index in [1.54, 1.807) is 13.2 Å². The maximum Gasteiger partial charge on any atom is 0.191 e. The first-order valence-corrected chi connectivity index (χ1v) is 9.13. The van der Waals surface area contributed by atoms with Gasteiger partial charge in [0.15, 0.2) is 5.96 Å². The Morgan fingerprint density at radius 1 is 1.31 bits per heavy atom. The van der Waals surface area contributed by atoms with Crippen molar-refractivity contribution in [2.45, 2.75) is 32.9 Å². The van der Waals surface area contributed by atoms with Crippen molar-refractivity contribution in [3.63, 3.8) is 0 Å². The van der Waals surface area contributed by atoms with Gasteiger partial charge in [-0.3, -0.25) is 0 Å². The summed E-state index contributed by atoms with van der Waals surface area (Å²) in [4.78, 5) is 6.56. The van der Waals surface area contributed by atoms with Crippen molar-refractivity contribution in [2.24, 2.45) is 4.99 Å². The standard InChI is InChI=1S/C19H31FN4O2/c1-5-21-18(23-14-19(2,3)25-4)22-13-15-6-7-17(16(20)12-15)24-8-10-26-11-9-24/h6-7,12H,5,8-11,13-14H2,1-4H3,(H2,21,22,23). The zero-order valence-corrected chi connectivity index (χ0v) is 16.3. The molecule has 1 heterocycles. The van der Waals surface area contributed by atoms with Crippen LogP contribution in [0, 0.1) is 5.82 Å². The number of aliphatic imine (C=N–C) groups is 1. The summed E-state index contributed by atoms with van der Waals surface area (Å²) in [5.74, 6) is 0.480. The van der Waals surface area contributed by atoms with E-state index in [-0.39, 0.29) is 11.4 Å². The quantitative estimate of drug-likeness (QED) is 0.572. The molecule has 6 nitrogen and oxygen atoms in total. The SMILES string of the molecule is CCNC(=NCc1ccc(N2CCOCC2)c(F)c1)NCC(C)(C)OC. The van der Waals surface area contributed by atoms with Gasteiger partial charge >= 0.3 is 0 Å². The van der Waals surface area contributed by atoms with Crippen molar-refractivity contribution in [1.29, 1.82) is 0 Å². The number of methoxy groups -OCH3 is 1. The molecule has 7 heteroatoms. The largest absolute Gasteiger partial charge is 0.378 e. The van der Waals surface area contributed by atoms with E-state index < -0.39 is 0 Å². The molecule has 0 radical (unpaired) electrons. The number of nitrogens with one attached hydrogen (secondary N) is 2. The normalized spacial score (nSPS) is 15.9. The number of hydrogen-bond acceptors (Lipinski definition) is 4. The molecule has 1 aliphatic heterocycles. The van der Waals surface area contributed by atoms with Gasteiger partial charge in [0, 0.05) is 33.3 Å². The molecule has 0 amide bonds. The number of rotatable bonds is 7.